The molecule has 0 fully saturated rings. The lowest BCUT2D eigenvalue weighted by atomic mass is 10.0. The molecular formula is C14H21N3. The van der Waals surface area contributed by atoms with Gasteiger partial charge in [-0.05, 0) is 51.7 Å². The van der Waals surface area contributed by atoms with E-state index in [4.69, 9.17) is 0 Å². The highest BCUT2D eigenvalue weighted by Crippen LogP contribution is 2.16. The molecule has 0 amide bonds. The fourth-order valence-electron chi connectivity index (χ4n) is 1.78. The van der Waals surface area contributed by atoms with E-state index in [9.17, 15) is 5.26 Å². The molecule has 0 aliphatic heterocycles. The van der Waals surface area contributed by atoms with Crippen molar-refractivity contribution in [1.29, 1.82) is 5.26 Å². The smallest absolute Gasteiger partial charge is 0.121 e. The molecule has 0 saturated heterocycles. The summed E-state index contributed by atoms with van der Waals surface area (Å²) in [6.45, 7) is 3.95. The summed E-state index contributed by atoms with van der Waals surface area (Å²) in [6.07, 6.45) is 1.05. The Morgan fingerprint density at radius 2 is 2.06 bits per heavy atom. The van der Waals surface area contributed by atoms with E-state index >= 15 is 0 Å². The summed E-state index contributed by atoms with van der Waals surface area (Å²) in [7, 11) is 4.12. The molecule has 0 heterocycles. The Balaban J connectivity index is 2.50. The minimum Gasteiger partial charge on any atom is -0.309 e. The summed E-state index contributed by atoms with van der Waals surface area (Å²) in [5, 5.41) is 12.5. The van der Waals surface area contributed by atoms with Crippen LogP contribution in [0.2, 0.25) is 0 Å². The minimum absolute atomic E-state index is 0.196. The van der Waals surface area contributed by atoms with Crippen molar-refractivity contribution >= 4 is 0 Å². The predicted molar refractivity (Wildman–Crippen MR) is 70.7 cm³/mol. The Hall–Kier alpha value is -1.37. The van der Waals surface area contributed by atoms with Crippen LogP contribution in [-0.4, -0.2) is 32.1 Å². The molecule has 0 radical (unpaired) electrons. The second-order valence-electron chi connectivity index (χ2n) is 4.53. The minimum atomic E-state index is -0.196. The molecule has 0 aliphatic carbocycles. The highest BCUT2D eigenvalue weighted by atomic mass is 15.1. The van der Waals surface area contributed by atoms with Gasteiger partial charge in [0.15, 0.2) is 0 Å². The van der Waals surface area contributed by atoms with Crippen LogP contribution in [-0.2, 0) is 0 Å². The number of hydrogen-bond donors (Lipinski definition) is 1. The second-order valence-corrected chi connectivity index (χ2v) is 4.53. The SMILES string of the molecule is Cc1ccccc1C(C#N)NCCCN(C)C. The molecule has 0 aromatic heterocycles. The lowest BCUT2D eigenvalue weighted by molar-refractivity contribution is 0.392. The molecule has 1 N–H and O–H groups in total. The maximum Gasteiger partial charge on any atom is 0.121 e. The molecule has 1 aromatic rings. The summed E-state index contributed by atoms with van der Waals surface area (Å²) < 4.78 is 0. The Labute approximate surface area is 104 Å². The van der Waals surface area contributed by atoms with Gasteiger partial charge in [0, 0.05) is 0 Å². The van der Waals surface area contributed by atoms with Crippen LogP contribution in [0.3, 0.4) is 0 Å². The fourth-order valence-corrected chi connectivity index (χ4v) is 1.78. The fraction of sp³-hybridized carbons (Fsp3) is 0.500. The molecule has 0 bridgehead atoms. The van der Waals surface area contributed by atoms with E-state index in [2.05, 4.69) is 30.4 Å². The van der Waals surface area contributed by atoms with Crippen molar-refractivity contribution in [2.24, 2.45) is 0 Å². The maximum absolute atomic E-state index is 9.19. The molecule has 17 heavy (non-hydrogen) atoms. The van der Waals surface area contributed by atoms with Crippen LogP contribution in [0.4, 0.5) is 0 Å². The van der Waals surface area contributed by atoms with Crippen molar-refractivity contribution in [3.8, 4) is 6.07 Å². The van der Waals surface area contributed by atoms with Crippen molar-refractivity contribution < 1.29 is 0 Å². The Bertz CT molecular complexity index is 379. The Morgan fingerprint density at radius 3 is 2.65 bits per heavy atom. The lowest BCUT2D eigenvalue weighted by Gasteiger charge is -2.15. The zero-order chi connectivity index (χ0) is 12.7. The van der Waals surface area contributed by atoms with Crippen LogP contribution in [0.15, 0.2) is 24.3 Å². The zero-order valence-electron chi connectivity index (χ0n) is 10.9. The Kier molecular flexibility index (Phi) is 5.68. The first-order valence-electron chi connectivity index (χ1n) is 5.98. The summed E-state index contributed by atoms with van der Waals surface area (Å²) in [5.41, 5.74) is 2.25. The van der Waals surface area contributed by atoms with E-state index in [1.54, 1.807) is 0 Å². The molecule has 3 heteroatoms. The van der Waals surface area contributed by atoms with E-state index in [0.717, 1.165) is 25.1 Å². The molecule has 92 valence electrons. The van der Waals surface area contributed by atoms with Crippen LogP contribution >= 0.6 is 0 Å². The average Bonchev–Trinajstić information content (AvgIpc) is 2.30. The molecule has 1 unspecified atom stereocenters. The Morgan fingerprint density at radius 1 is 1.35 bits per heavy atom. The molecule has 0 aliphatic rings. The number of rotatable bonds is 6. The molecule has 1 aromatic carbocycles. The van der Waals surface area contributed by atoms with Crippen molar-refractivity contribution in [2.45, 2.75) is 19.4 Å². The van der Waals surface area contributed by atoms with Gasteiger partial charge in [-0.25, -0.2) is 0 Å². The van der Waals surface area contributed by atoms with Gasteiger partial charge in [-0.15, -0.1) is 0 Å². The summed E-state index contributed by atoms with van der Waals surface area (Å²) in [4.78, 5) is 2.15. The van der Waals surface area contributed by atoms with Crippen LogP contribution < -0.4 is 5.32 Å². The monoisotopic (exact) mass is 231 g/mol. The van der Waals surface area contributed by atoms with Gasteiger partial charge in [0.05, 0.1) is 6.07 Å². The molecule has 3 nitrogen and oxygen atoms in total. The van der Waals surface area contributed by atoms with Crippen molar-refractivity contribution in [1.82, 2.24) is 10.2 Å². The van der Waals surface area contributed by atoms with Crippen LogP contribution in [0.1, 0.15) is 23.6 Å². The third-order valence-electron chi connectivity index (χ3n) is 2.76. The number of nitriles is 1. The van der Waals surface area contributed by atoms with Crippen molar-refractivity contribution in [3.63, 3.8) is 0 Å². The molecule has 0 saturated carbocycles. The number of aryl methyl sites for hydroxylation is 1. The topological polar surface area (TPSA) is 39.1 Å². The van der Waals surface area contributed by atoms with Gasteiger partial charge in [0.2, 0.25) is 0 Å². The van der Waals surface area contributed by atoms with Crippen LogP contribution in [0.5, 0.6) is 0 Å². The highest BCUT2D eigenvalue weighted by molar-refractivity contribution is 5.32. The summed E-state index contributed by atoms with van der Waals surface area (Å²) in [5.74, 6) is 0. The summed E-state index contributed by atoms with van der Waals surface area (Å²) in [6, 6.07) is 10.2. The molecule has 1 atom stereocenters. The number of hydrogen-bond acceptors (Lipinski definition) is 3. The zero-order valence-corrected chi connectivity index (χ0v) is 10.9. The van der Waals surface area contributed by atoms with Crippen molar-refractivity contribution in [3.05, 3.63) is 35.4 Å². The number of nitrogens with one attached hydrogen (secondary N) is 1. The van der Waals surface area contributed by atoms with E-state index in [1.165, 1.54) is 5.56 Å². The van der Waals surface area contributed by atoms with Crippen LogP contribution in [0.25, 0.3) is 0 Å². The van der Waals surface area contributed by atoms with Crippen molar-refractivity contribution in [2.75, 3.05) is 27.2 Å². The van der Waals surface area contributed by atoms with Gasteiger partial charge in [-0.1, -0.05) is 24.3 Å². The third-order valence-corrected chi connectivity index (χ3v) is 2.76. The van der Waals surface area contributed by atoms with E-state index in [1.807, 2.05) is 31.2 Å². The van der Waals surface area contributed by atoms with Gasteiger partial charge in [0.25, 0.3) is 0 Å². The standard InChI is InChI=1S/C14H21N3/c1-12-7-4-5-8-13(12)14(11-15)16-9-6-10-17(2)3/h4-5,7-8,14,16H,6,9-10H2,1-3H3. The largest absolute Gasteiger partial charge is 0.309 e. The van der Waals surface area contributed by atoms with Crippen LogP contribution in [0, 0.1) is 18.3 Å². The van der Waals surface area contributed by atoms with E-state index in [-0.39, 0.29) is 6.04 Å². The first kappa shape index (κ1) is 13.7. The van der Waals surface area contributed by atoms with Gasteiger partial charge in [-0.3, -0.25) is 5.32 Å². The van der Waals surface area contributed by atoms with E-state index in [0.29, 0.717) is 0 Å². The first-order chi connectivity index (χ1) is 8.15. The highest BCUT2D eigenvalue weighted by Gasteiger charge is 2.10. The lowest BCUT2D eigenvalue weighted by Crippen LogP contribution is -2.25. The molecule has 1 rings (SSSR count). The maximum atomic E-state index is 9.19. The molecule has 0 spiro atoms. The number of nitrogens with zero attached hydrogens (tertiary/aromatic N) is 2. The number of benzene rings is 1. The first-order valence-corrected chi connectivity index (χ1v) is 5.98. The average molecular weight is 231 g/mol. The van der Waals surface area contributed by atoms with Gasteiger partial charge < -0.3 is 4.90 Å². The van der Waals surface area contributed by atoms with E-state index < -0.39 is 0 Å². The predicted octanol–water partition coefficient (Wildman–Crippen LogP) is 2.10. The second kappa shape index (κ2) is 7.05. The normalized spacial score (nSPS) is 12.4. The van der Waals surface area contributed by atoms with Gasteiger partial charge in [-0.2, -0.15) is 5.26 Å². The van der Waals surface area contributed by atoms with Gasteiger partial charge in [0.1, 0.15) is 6.04 Å². The summed E-state index contributed by atoms with van der Waals surface area (Å²) >= 11 is 0. The quantitative estimate of drug-likeness (QED) is 0.762. The third kappa shape index (κ3) is 4.56. The van der Waals surface area contributed by atoms with Gasteiger partial charge >= 0.3 is 0 Å². The molecular weight excluding hydrogens is 210 g/mol.